The highest BCUT2D eigenvalue weighted by Gasteiger charge is 2.24. The van der Waals surface area contributed by atoms with Crippen molar-refractivity contribution in [3.05, 3.63) is 23.9 Å². The minimum Gasteiger partial charge on any atom is -0.478 e. The lowest BCUT2D eigenvalue weighted by Gasteiger charge is -2.31. The SMILES string of the molecule is CCNC(Cc1cccc(OCC)n1)C(C)(C)C. The molecule has 1 heterocycles. The molecule has 3 heteroatoms. The maximum Gasteiger partial charge on any atom is 0.213 e. The minimum atomic E-state index is 0.222. The van der Waals surface area contributed by atoms with E-state index in [0.29, 0.717) is 12.6 Å². The van der Waals surface area contributed by atoms with E-state index in [4.69, 9.17) is 4.74 Å². The Morgan fingerprint density at radius 3 is 2.56 bits per heavy atom. The molecule has 0 radical (unpaired) electrons. The molecule has 0 aliphatic heterocycles. The number of pyridine rings is 1. The van der Waals surface area contributed by atoms with Gasteiger partial charge in [-0.3, -0.25) is 0 Å². The molecule has 0 spiro atoms. The fraction of sp³-hybridized carbons (Fsp3) is 0.667. The lowest BCUT2D eigenvalue weighted by atomic mass is 9.84. The van der Waals surface area contributed by atoms with Crippen LogP contribution in [0.1, 0.15) is 40.3 Å². The van der Waals surface area contributed by atoms with Gasteiger partial charge in [-0.25, -0.2) is 4.98 Å². The zero-order valence-corrected chi connectivity index (χ0v) is 12.3. The van der Waals surface area contributed by atoms with Crippen molar-refractivity contribution in [2.24, 2.45) is 5.41 Å². The molecular formula is C15H26N2O. The molecular weight excluding hydrogens is 224 g/mol. The molecule has 1 aromatic heterocycles. The van der Waals surface area contributed by atoms with E-state index in [9.17, 15) is 0 Å². The zero-order chi connectivity index (χ0) is 13.6. The molecule has 0 bridgehead atoms. The average Bonchev–Trinajstić information content (AvgIpc) is 2.28. The normalized spacial score (nSPS) is 13.4. The third-order valence-corrected chi connectivity index (χ3v) is 2.98. The fourth-order valence-electron chi connectivity index (χ4n) is 1.94. The molecule has 1 atom stereocenters. The summed E-state index contributed by atoms with van der Waals surface area (Å²) in [6, 6.07) is 6.41. The number of hydrogen-bond donors (Lipinski definition) is 1. The van der Waals surface area contributed by atoms with Crippen molar-refractivity contribution < 1.29 is 4.74 Å². The average molecular weight is 250 g/mol. The third kappa shape index (κ3) is 4.65. The largest absolute Gasteiger partial charge is 0.478 e. The molecule has 0 saturated carbocycles. The molecule has 102 valence electrons. The van der Waals surface area contributed by atoms with E-state index in [-0.39, 0.29) is 5.41 Å². The van der Waals surface area contributed by atoms with Crippen LogP contribution in [0.4, 0.5) is 0 Å². The van der Waals surface area contributed by atoms with Crippen LogP contribution >= 0.6 is 0 Å². The molecule has 3 nitrogen and oxygen atoms in total. The number of hydrogen-bond acceptors (Lipinski definition) is 3. The van der Waals surface area contributed by atoms with E-state index in [1.807, 2.05) is 19.1 Å². The Hall–Kier alpha value is -1.09. The van der Waals surface area contributed by atoms with E-state index < -0.39 is 0 Å². The fourth-order valence-corrected chi connectivity index (χ4v) is 1.94. The van der Waals surface area contributed by atoms with Gasteiger partial charge in [0.2, 0.25) is 5.88 Å². The summed E-state index contributed by atoms with van der Waals surface area (Å²) < 4.78 is 5.44. The van der Waals surface area contributed by atoms with Crippen LogP contribution in [0.25, 0.3) is 0 Å². The summed E-state index contributed by atoms with van der Waals surface area (Å²) in [7, 11) is 0. The van der Waals surface area contributed by atoms with Gasteiger partial charge < -0.3 is 10.1 Å². The van der Waals surface area contributed by atoms with Crippen LogP contribution in [0.5, 0.6) is 5.88 Å². The number of rotatable bonds is 6. The van der Waals surface area contributed by atoms with Gasteiger partial charge in [-0.15, -0.1) is 0 Å². The Balaban J connectivity index is 2.77. The van der Waals surface area contributed by atoms with Crippen molar-refractivity contribution in [3.63, 3.8) is 0 Å². The summed E-state index contributed by atoms with van der Waals surface area (Å²) in [6.45, 7) is 12.5. The van der Waals surface area contributed by atoms with E-state index in [1.165, 1.54) is 0 Å². The van der Waals surface area contributed by atoms with Gasteiger partial charge in [0.25, 0.3) is 0 Å². The lowest BCUT2D eigenvalue weighted by molar-refractivity contribution is 0.267. The number of nitrogens with zero attached hydrogens (tertiary/aromatic N) is 1. The molecule has 0 aliphatic rings. The van der Waals surface area contributed by atoms with E-state index in [2.05, 4.69) is 44.1 Å². The van der Waals surface area contributed by atoms with Crippen LogP contribution in [-0.4, -0.2) is 24.2 Å². The summed E-state index contributed by atoms with van der Waals surface area (Å²) in [5, 5.41) is 3.54. The number of nitrogens with one attached hydrogen (secondary N) is 1. The second-order valence-electron chi connectivity index (χ2n) is 5.58. The molecule has 0 aliphatic carbocycles. The molecule has 18 heavy (non-hydrogen) atoms. The summed E-state index contributed by atoms with van der Waals surface area (Å²) in [5.41, 5.74) is 1.31. The Morgan fingerprint density at radius 2 is 2.00 bits per heavy atom. The van der Waals surface area contributed by atoms with Gasteiger partial charge in [-0.2, -0.15) is 0 Å². The van der Waals surface area contributed by atoms with Crippen LogP contribution in [-0.2, 0) is 6.42 Å². The van der Waals surface area contributed by atoms with Gasteiger partial charge >= 0.3 is 0 Å². The summed E-state index contributed by atoms with van der Waals surface area (Å²) in [4.78, 5) is 4.54. The molecule has 1 unspecified atom stereocenters. The summed E-state index contributed by atoms with van der Waals surface area (Å²) in [6.07, 6.45) is 0.929. The Bertz CT molecular complexity index is 358. The molecule has 0 aromatic carbocycles. The van der Waals surface area contributed by atoms with Gasteiger partial charge in [0.1, 0.15) is 0 Å². The molecule has 1 N–H and O–H groups in total. The summed E-state index contributed by atoms with van der Waals surface area (Å²) >= 11 is 0. The van der Waals surface area contributed by atoms with Crippen LogP contribution < -0.4 is 10.1 Å². The third-order valence-electron chi connectivity index (χ3n) is 2.98. The van der Waals surface area contributed by atoms with Crippen molar-refractivity contribution in [1.82, 2.24) is 10.3 Å². The first kappa shape index (κ1) is 15.0. The minimum absolute atomic E-state index is 0.222. The maximum atomic E-state index is 5.44. The summed E-state index contributed by atoms with van der Waals surface area (Å²) in [5.74, 6) is 0.721. The number of aromatic nitrogens is 1. The first-order valence-corrected chi connectivity index (χ1v) is 6.79. The number of likely N-dealkylation sites (N-methyl/N-ethyl adjacent to an activating group) is 1. The second-order valence-corrected chi connectivity index (χ2v) is 5.58. The first-order valence-electron chi connectivity index (χ1n) is 6.79. The van der Waals surface area contributed by atoms with Crippen LogP contribution in [0, 0.1) is 5.41 Å². The molecule has 1 aromatic rings. The number of ether oxygens (including phenoxy) is 1. The van der Waals surface area contributed by atoms with Gasteiger partial charge in [0.15, 0.2) is 0 Å². The predicted octanol–water partition coefficient (Wildman–Crippen LogP) is 3.05. The Labute approximate surface area is 111 Å². The first-order chi connectivity index (χ1) is 8.47. The Morgan fingerprint density at radius 1 is 1.28 bits per heavy atom. The van der Waals surface area contributed by atoms with Crippen molar-refractivity contribution in [2.75, 3.05) is 13.2 Å². The van der Waals surface area contributed by atoms with E-state index in [1.54, 1.807) is 0 Å². The second kappa shape index (κ2) is 6.74. The standard InChI is InChI=1S/C15H26N2O/c1-6-16-13(15(3,4)5)11-12-9-8-10-14(17-12)18-7-2/h8-10,13,16H,6-7,11H2,1-5H3. The molecule has 0 amide bonds. The highest BCUT2D eigenvalue weighted by Crippen LogP contribution is 2.22. The maximum absolute atomic E-state index is 5.44. The van der Waals surface area contributed by atoms with Crippen LogP contribution in [0.15, 0.2) is 18.2 Å². The van der Waals surface area contributed by atoms with Crippen LogP contribution in [0.3, 0.4) is 0 Å². The molecule has 0 saturated heterocycles. The van der Waals surface area contributed by atoms with Gasteiger partial charge in [0.05, 0.1) is 6.61 Å². The molecule has 1 rings (SSSR count). The van der Waals surface area contributed by atoms with Crippen LogP contribution in [0.2, 0.25) is 0 Å². The van der Waals surface area contributed by atoms with Crippen molar-refractivity contribution >= 4 is 0 Å². The van der Waals surface area contributed by atoms with E-state index >= 15 is 0 Å². The zero-order valence-electron chi connectivity index (χ0n) is 12.3. The Kier molecular flexibility index (Phi) is 5.60. The lowest BCUT2D eigenvalue weighted by Crippen LogP contribution is -2.42. The van der Waals surface area contributed by atoms with Gasteiger partial charge in [0, 0.05) is 24.2 Å². The smallest absolute Gasteiger partial charge is 0.213 e. The monoisotopic (exact) mass is 250 g/mol. The predicted molar refractivity (Wildman–Crippen MR) is 76.0 cm³/mol. The van der Waals surface area contributed by atoms with Crippen molar-refractivity contribution in [1.29, 1.82) is 0 Å². The molecule has 0 fully saturated rings. The van der Waals surface area contributed by atoms with E-state index in [0.717, 1.165) is 24.5 Å². The van der Waals surface area contributed by atoms with Gasteiger partial charge in [-0.05, 0) is 24.9 Å². The topological polar surface area (TPSA) is 34.1 Å². The van der Waals surface area contributed by atoms with Crippen molar-refractivity contribution in [3.8, 4) is 5.88 Å². The highest BCUT2D eigenvalue weighted by atomic mass is 16.5. The quantitative estimate of drug-likeness (QED) is 0.842. The van der Waals surface area contributed by atoms with Crippen molar-refractivity contribution in [2.45, 2.75) is 47.1 Å². The highest BCUT2D eigenvalue weighted by molar-refractivity contribution is 5.17. The van der Waals surface area contributed by atoms with Gasteiger partial charge in [-0.1, -0.05) is 33.8 Å².